The Morgan fingerprint density at radius 1 is 1.07 bits per heavy atom. The van der Waals surface area contributed by atoms with Crippen molar-refractivity contribution < 1.29 is 0 Å². The van der Waals surface area contributed by atoms with Crippen LogP contribution in [0.2, 0.25) is 0 Å². The Hall–Kier alpha value is -2.88. The number of rotatable bonds is 5. The van der Waals surface area contributed by atoms with Gasteiger partial charge >= 0.3 is 0 Å². The van der Waals surface area contributed by atoms with Crippen LogP contribution in [0.15, 0.2) is 73.3 Å². The quantitative estimate of drug-likeness (QED) is 0.676. The molecule has 3 aromatic rings. The van der Waals surface area contributed by atoms with Crippen LogP contribution in [0.25, 0.3) is 16.9 Å². The summed E-state index contributed by atoms with van der Waals surface area (Å²) in [5.41, 5.74) is 4.45. The van der Waals surface area contributed by atoms with Gasteiger partial charge in [-0.05, 0) is 61.7 Å². The van der Waals surface area contributed by atoms with Crippen molar-refractivity contribution in [2.24, 2.45) is 5.92 Å². The van der Waals surface area contributed by atoms with E-state index in [1.165, 1.54) is 24.8 Å². The molecule has 4 heteroatoms. The first-order valence-electron chi connectivity index (χ1n) is 9.85. The Kier molecular flexibility index (Phi) is 4.24. The van der Waals surface area contributed by atoms with Gasteiger partial charge < -0.3 is 4.90 Å². The highest BCUT2D eigenvalue weighted by molar-refractivity contribution is 5.58. The highest BCUT2D eigenvalue weighted by atomic mass is 15.3. The van der Waals surface area contributed by atoms with E-state index < -0.39 is 0 Å². The molecule has 0 saturated heterocycles. The van der Waals surface area contributed by atoms with Gasteiger partial charge in [0.1, 0.15) is 0 Å². The van der Waals surface area contributed by atoms with Crippen LogP contribution in [0.3, 0.4) is 0 Å². The SMILES string of the molecule is C1=CN(C2CCC2)CC1Cc1ccnc(-c2cnn(-c3ccccc3)c2)c1. The lowest BCUT2D eigenvalue weighted by Gasteiger charge is -2.35. The molecular formula is C23H24N4. The van der Waals surface area contributed by atoms with E-state index in [9.17, 15) is 0 Å². The maximum Gasteiger partial charge on any atom is 0.0736 e. The molecular weight excluding hydrogens is 332 g/mol. The first kappa shape index (κ1) is 16.3. The minimum atomic E-state index is 0.605. The molecule has 1 aliphatic heterocycles. The van der Waals surface area contributed by atoms with Crippen LogP contribution in [0.1, 0.15) is 24.8 Å². The van der Waals surface area contributed by atoms with Gasteiger partial charge in [0.15, 0.2) is 0 Å². The van der Waals surface area contributed by atoms with Crippen molar-refractivity contribution in [2.75, 3.05) is 6.54 Å². The maximum atomic E-state index is 4.58. The highest BCUT2D eigenvalue weighted by Crippen LogP contribution is 2.30. The number of nitrogens with zero attached hydrogens (tertiary/aromatic N) is 4. The van der Waals surface area contributed by atoms with Crippen molar-refractivity contribution in [1.82, 2.24) is 19.7 Å². The summed E-state index contributed by atoms with van der Waals surface area (Å²) in [6.45, 7) is 1.16. The normalized spacial score (nSPS) is 19.4. The Bertz CT molecular complexity index is 940. The second-order valence-electron chi connectivity index (χ2n) is 7.65. The third-order valence-electron chi connectivity index (χ3n) is 5.76. The summed E-state index contributed by atoms with van der Waals surface area (Å²) in [4.78, 5) is 7.12. The average molecular weight is 356 g/mol. The molecule has 0 N–H and O–H groups in total. The topological polar surface area (TPSA) is 34.0 Å². The second-order valence-corrected chi connectivity index (χ2v) is 7.65. The molecule has 1 aliphatic carbocycles. The molecule has 1 fully saturated rings. The van der Waals surface area contributed by atoms with E-state index in [2.05, 4.69) is 57.7 Å². The predicted octanol–water partition coefficient (Wildman–Crippen LogP) is 4.47. The third kappa shape index (κ3) is 3.39. The van der Waals surface area contributed by atoms with Crippen molar-refractivity contribution in [1.29, 1.82) is 0 Å². The van der Waals surface area contributed by atoms with Crippen molar-refractivity contribution in [3.05, 3.63) is 78.9 Å². The van der Waals surface area contributed by atoms with Crippen LogP contribution in [-0.2, 0) is 6.42 Å². The fourth-order valence-corrected chi connectivity index (χ4v) is 3.99. The van der Waals surface area contributed by atoms with Gasteiger partial charge in [0.05, 0.1) is 17.6 Å². The standard InChI is InChI=1S/C23H24N4/c1-2-5-22(6-3-1)27-17-20(15-25-27)23-14-18(9-11-24-23)13-19-10-12-26(16-19)21-7-4-8-21/h1-3,5-6,9-12,14-15,17,19,21H,4,7-8,13,16H2. The number of hydrogen-bond acceptors (Lipinski definition) is 3. The van der Waals surface area contributed by atoms with E-state index >= 15 is 0 Å². The monoisotopic (exact) mass is 356 g/mol. The zero-order valence-electron chi connectivity index (χ0n) is 15.4. The van der Waals surface area contributed by atoms with Gasteiger partial charge in [-0.3, -0.25) is 4.98 Å². The summed E-state index contributed by atoms with van der Waals surface area (Å²) in [7, 11) is 0. The maximum absolute atomic E-state index is 4.58. The van der Waals surface area contributed by atoms with Crippen molar-refractivity contribution >= 4 is 0 Å². The number of aromatic nitrogens is 3. The smallest absolute Gasteiger partial charge is 0.0736 e. The van der Waals surface area contributed by atoms with E-state index in [-0.39, 0.29) is 0 Å². The molecule has 2 aromatic heterocycles. The van der Waals surface area contributed by atoms with Gasteiger partial charge in [0.25, 0.3) is 0 Å². The zero-order valence-corrected chi connectivity index (χ0v) is 15.4. The first-order valence-corrected chi connectivity index (χ1v) is 9.85. The minimum absolute atomic E-state index is 0.605. The summed E-state index contributed by atoms with van der Waals surface area (Å²) >= 11 is 0. The molecule has 136 valence electrons. The lowest BCUT2D eigenvalue weighted by molar-refractivity contribution is 0.185. The fourth-order valence-electron chi connectivity index (χ4n) is 3.99. The van der Waals surface area contributed by atoms with Crippen LogP contribution in [0.5, 0.6) is 0 Å². The van der Waals surface area contributed by atoms with Crippen LogP contribution in [0.4, 0.5) is 0 Å². The molecule has 27 heavy (non-hydrogen) atoms. The molecule has 0 bridgehead atoms. The fraction of sp³-hybridized carbons (Fsp3) is 0.304. The highest BCUT2D eigenvalue weighted by Gasteiger charge is 2.27. The number of benzene rings is 1. The van der Waals surface area contributed by atoms with Gasteiger partial charge in [-0.25, -0.2) is 4.68 Å². The van der Waals surface area contributed by atoms with E-state index in [4.69, 9.17) is 0 Å². The summed E-state index contributed by atoms with van der Waals surface area (Å²) in [6.07, 6.45) is 15.8. The zero-order chi connectivity index (χ0) is 18.1. The van der Waals surface area contributed by atoms with E-state index in [0.29, 0.717) is 5.92 Å². The molecule has 1 unspecified atom stereocenters. The lowest BCUT2D eigenvalue weighted by atomic mass is 9.91. The number of pyridine rings is 1. The lowest BCUT2D eigenvalue weighted by Crippen LogP contribution is -2.36. The van der Waals surface area contributed by atoms with Gasteiger partial charge in [-0.15, -0.1) is 0 Å². The largest absolute Gasteiger partial charge is 0.374 e. The second kappa shape index (κ2) is 7.03. The Morgan fingerprint density at radius 3 is 2.78 bits per heavy atom. The molecule has 1 aromatic carbocycles. The Balaban J connectivity index is 1.30. The summed E-state index contributed by atoms with van der Waals surface area (Å²) < 4.78 is 1.90. The first-order chi connectivity index (χ1) is 13.3. The molecule has 2 aliphatic rings. The van der Waals surface area contributed by atoms with Crippen molar-refractivity contribution in [3.63, 3.8) is 0 Å². The van der Waals surface area contributed by atoms with Crippen LogP contribution in [0, 0.1) is 5.92 Å². The van der Waals surface area contributed by atoms with Gasteiger partial charge in [0.2, 0.25) is 0 Å². The van der Waals surface area contributed by atoms with Crippen molar-refractivity contribution in [2.45, 2.75) is 31.7 Å². The summed E-state index contributed by atoms with van der Waals surface area (Å²) in [5, 5.41) is 4.50. The van der Waals surface area contributed by atoms with E-state index in [1.54, 1.807) is 0 Å². The third-order valence-corrected chi connectivity index (χ3v) is 5.76. The summed E-state index contributed by atoms with van der Waals surface area (Å²) in [6, 6.07) is 15.3. The number of hydrogen-bond donors (Lipinski definition) is 0. The molecule has 1 atom stereocenters. The van der Waals surface area contributed by atoms with Gasteiger partial charge in [-0.2, -0.15) is 5.10 Å². The molecule has 0 amide bonds. The van der Waals surface area contributed by atoms with E-state index in [0.717, 1.165) is 36.0 Å². The number of para-hydroxylation sites is 1. The Morgan fingerprint density at radius 2 is 1.96 bits per heavy atom. The molecule has 5 rings (SSSR count). The molecule has 0 spiro atoms. The van der Waals surface area contributed by atoms with Crippen molar-refractivity contribution in [3.8, 4) is 16.9 Å². The summed E-state index contributed by atoms with van der Waals surface area (Å²) in [5.74, 6) is 0.605. The molecule has 1 saturated carbocycles. The van der Waals surface area contributed by atoms with Gasteiger partial charge in [-0.1, -0.05) is 24.3 Å². The molecule has 0 radical (unpaired) electrons. The molecule has 3 heterocycles. The van der Waals surface area contributed by atoms with E-state index in [1.807, 2.05) is 35.3 Å². The predicted molar refractivity (Wildman–Crippen MR) is 107 cm³/mol. The van der Waals surface area contributed by atoms with Crippen LogP contribution >= 0.6 is 0 Å². The average Bonchev–Trinajstić information content (AvgIpc) is 3.32. The molecule has 4 nitrogen and oxygen atoms in total. The Labute approximate surface area is 160 Å². The minimum Gasteiger partial charge on any atom is -0.374 e. The van der Waals surface area contributed by atoms with Gasteiger partial charge in [0, 0.05) is 36.5 Å². The van der Waals surface area contributed by atoms with Crippen LogP contribution < -0.4 is 0 Å². The van der Waals surface area contributed by atoms with Crippen LogP contribution in [-0.4, -0.2) is 32.3 Å².